The minimum Gasteiger partial charge on any atom is -0.465 e. The number of hydrogen-bond donors (Lipinski definition) is 4. The van der Waals surface area contributed by atoms with Crippen LogP contribution in [0, 0.1) is 0 Å². The Labute approximate surface area is 173 Å². The monoisotopic (exact) mass is 412 g/mol. The molecule has 0 fully saturated rings. The number of amides is 2. The van der Waals surface area contributed by atoms with Crippen molar-refractivity contribution in [2.45, 2.75) is 38.9 Å². The van der Waals surface area contributed by atoms with Gasteiger partial charge in [-0.2, -0.15) is 0 Å². The molecule has 5 N–H and O–H groups in total. The molecule has 8 heteroatoms. The molecule has 7 nitrogen and oxygen atoms in total. The molecule has 0 radical (unpaired) electrons. The Hall–Kier alpha value is -2.97. The number of nitrogens with two attached hydrogens (primary N) is 1. The Morgan fingerprint density at radius 3 is 2.45 bits per heavy atom. The van der Waals surface area contributed by atoms with E-state index in [0.29, 0.717) is 18.5 Å². The summed E-state index contributed by atoms with van der Waals surface area (Å²) in [5.74, 6) is -0.140. The first-order chi connectivity index (χ1) is 14.0. The maximum atomic E-state index is 12.8. The number of aliphatic imine (C=N–C) groups is 1. The third-order valence-corrected chi connectivity index (χ3v) is 5.55. The van der Waals surface area contributed by atoms with Crippen molar-refractivity contribution in [3.8, 4) is 0 Å². The molecule has 1 aromatic heterocycles. The average molecular weight is 413 g/mol. The molecule has 1 aliphatic heterocycles. The Kier molecular flexibility index (Phi) is 6.79. The fourth-order valence-electron chi connectivity index (χ4n) is 2.96. The molecule has 2 heterocycles. The Balaban J connectivity index is 1.66. The van der Waals surface area contributed by atoms with Crippen molar-refractivity contribution in [3.63, 3.8) is 0 Å². The predicted octanol–water partition coefficient (Wildman–Crippen LogP) is 3.43. The second-order valence-corrected chi connectivity index (χ2v) is 7.74. The van der Waals surface area contributed by atoms with Gasteiger partial charge < -0.3 is 21.5 Å². The van der Waals surface area contributed by atoms with Crippen molar-refractivity contribution in [3.05, 3.63) is 57.3 Å². The molecule has 2 amide bonds. The van der Waals surface area contributed by atoms with Gasteiger partial charge in [0.25, 0.3) is 0 Å². The minimum atomic E-state index is -1.06. The van der Waals surface area contributed by atoms with Crippen LogP contribution < -0.4 is 16.4 Å². The van der Waals surface area contributed by atoms with Gasteiger partial charge in [-0.3, -0.25) is 9.79 Å². The van der Waals surface area contributed by atoms with Crippen LogP contribution >= 0.6 is 11.3 Å². The van der Waals surface area contributed by atoms with Gasteiger partial charge in [0.1, 0.15) is 0 Å². The Morgan fingerprint density at radius 2 is 1.83 bits per heavy atom. The highest BCUT2D eigenvalue weighted by Gasteiger charge is 2.21. The second-order valence-electron chi connectivity index (χ2n) is 6.79. The van der Waals surface area contributed by atoms with Crippen LogP contribution in [0.15, 0.2) is 46.3 Å². The third kappa shape index (κ3) is 5.52. The second kappa shape index (κ2) is 9.49. The summed E-state index contributed by atoms with van der Waals surface area (Å²) in [7, 11) is 0. The molecule has 3 rings (SSSR count). The van der Waals surface area contributed by atoms with E-state index in [9.17, 15) is 9.59 Å². The third-order valence-electron chi connectivity index (χ3n) is 4.69. The smallest absolute Gasteiger partial charge is 0.404 e. The first-order valence-electron chi connectivity index (χ1n) is 9.40. The van der Waals surface area contributed by atoms with Gasteiger partial charge in [0.15, 0.2) is 0 Å². The van der Waals surface area contributed by atoms with E-state index >= 15 is 0 Å². The number of thiophene rings is 1. The van der Waals surface area contributed by atoms with Gasteiger partial charge >= 0.3 is 6.09 Å². The van der Waals surface area contributed by atoms with Crippen molar-refractivity contribution in [2.24, 2.45) is 10.7 Å². The number of nitrogens with one attached hydrogen (secondary N) is 2. The van der Waals surface area contributed by atoms with Crippen LogP contribution in [0.2, 0.25) is 0 Å². The molecule has 29 heavy (non-hydrogen) atoms. The number of benzene rings is 1. The van der Waals surface area contributed by atoms with Crippen molar-refractivity contribution in [1.82, 2.24) is 10.6 Å². The van der Waals surface area contributed by atoms with Gasteiger partial charge in [-0.05, 0) is 35.1 Å². The number of carbonyl (C=O) groups is 2. The molecule has 0 aliphatic carbocycles. The van der Waals surface area contributed by atoms with Gasteiger partial charge in [0.05, 0.1) is 10.6 Å². The Morgan fingerprint density at radius 1 is 1.17 bits per heavy atom. The molecule has 1 atom stereocenters. The molecular weight excluding hydrogens is 388 g/mol. The maximum Gasteiger partial charge on any atom is 0.404 e. The zero-order chi connectivity index (χ0) is 20.8. The maximum absolute atomic E-state index is 12.8. The summed E-state index contributed by atoms with van der Waals surface area (Å²) in [5.41, 5.74) is 10.3. The van der Waals surface area contributed by atoms with Crippen LogP contribution in [-0.2, 0) is 17.9 Å². The highest BCUT2D eigenvalue weighted by atomic mass is 32.1. The van der Waals surface area contributed by atoms with Crippen LogP contribution in [0.4, 0.5) is 10.5 Å². The molecule has 1 aromatic carbocycles. The van der Waals surface area contributed by atoms with Gasteiger partial charge in [-0.1, -0.05) is 31.2 Å². The Bertz CT molecular complexity index is 947. The summed E-state index contributed by atoms with van der Waals surface area (Å²) in [6.07, 6.45) is 2.03. The molecule has 152 valence electrons. The summed E-state index contributed by atoms with van der Waals surface area (Å²) in [6, 6.07) is 9.19. The van der Waals surface area contributed by atoms with E-state index in [1.54, 1.807) is 11.3 Å². The summed E-state index contributed by atoms with van der Waals surface area (Å²) < 4.78 is 0. The van der Waals surface area contributed by atoms with Gasteiger partial charge in [0, 0.05) is 36.8 Å². The van der Waals surface area contributed by atoms with Crippen LogP contribution in [0.5, 0.6) is 0 Å². The lowest BCUT2D eigenvalue weighted by Crippen LogP contribution is -2.32. The molecular formula is C21H24N4O3S. The first kappa shape index (κ1) is 20.8. The SMILES string of the molecule is CCC(N)C1=Nc2ccsc2C=C(C(=O)NCc2ccc(CNC(=O)O)cc2)C1. The van der Waals surface area contributed by atoms with E-state index in [1.807, 2.05) is 48.7 Å². The summed E-state index contributed by atoms with van der Waals surface area (Å²) >= 11 is 1.55. The highest BCUT2D eigenvalue weighted by molar-refractivity contribution is 7.11. The van der Waals surface area contributed by atoms with E-state index in [1.165, 1.54) is 0 Å². The highest BCUT2D eigenvalue weighted by Crippen LogP contribution is 2.32. The van der Waals surface area contributed by atoms with Crippen molar-refractivity contribution in [2.75, 3.05) is 0 Å². The number of nitrogens with zero attached hydrogens (tertiary/aromatic N) is 1. The van der Waals surface area contributed by atoms with E-state index < -0.39 is 6.09 Å². The van der Waals surface area contributed by atoms with Crippen molar-refractivity contribution < 1.29 is 14.7 Å². The quantitative estimate of drug-likeness (QED) is 0.557. The van der Waals surface area contributed by atoms with Crippen LogP contribution in [0.1, 0.15) is 35.8 Å². The standard InChI is InChI=1S/C21H24N4O3S/c1-2-16(22)18-9-15(10-19-17(25-18)7-8-29-19)20(26)23-11-13-3-5-14(6-4-13)12-24-21(27)28/h3-8,10,16,24H,2,9,11-12,22H2,1H3,(H,23,26)(H,27,28). The van der Waals surface area contributed by atoms with Crippen LogP contribution in [0.25, 0.3) is 6.08 Å². The lowest BCUT2D eigenvalue weighted by molar-refractivity contribution is -0.117. The molecule has 1 unspecified atom stereocenters. The van der Waals surface area contributed by atoms with E-state index in [0.717, 1.165) is 33.8 Å². The first-order valence-corrected chi connectivity index (χ1v) is 10.3. The van der Waals surface area contributed by atoms with E-state index in [2.05, 4.69) is 15.6 Å². The number of fused-ring (bicyclic) bond motifs is 1. The largest absolute Gasteiger partial charge is 0.465 e. The predicted molar refractivity (Wildman–Crippen MR) is 115 cm³/mol. The van der Waals surface area contributed by atoms with Crippen molar-refractivity contribution in [1.29, 1.82) is 0 Å². The number of carboxylic acid groups (broad SMARTS) is 1. The fraction of sp³-hybridized carbons (Fsp3) is 0.286. The number of rotatable bonds is 7. The summed E-state index contributed by atoms with van der Waals surface area (Å²) in [5, 5.41) is 15.9. The topological polar surface area (TPSA) is 117 Å². The number of hydrogen-bond acceptors (Lipinski definition) is 5. The molecule has 0 saturated carbocycles. The van der Waals surface area contributed by atoms with Gasteiger partial charge in [-0.15, -0.1) is 11.3 Å². The van der Waals surface area contributed by atoms with Crippen LogP contribution in [0.3, 0.4) is 0 Å². The average Bonchev–Trinajstić information content (AvgIpc) is 3.07. The molecule has 0 bridgehead atoms. The molecule has 0 saturated heterocycles. The van der Waals surface area contributed by atoms with E-state index in [4.69, 9.17) is 10.8 Å². The van der Waals surface area contributed by atoms with Crippen molar-refractivity contribution >= 4 is 40.8 Å². The summed E-state index contributed by atoms with van der Waals surface area (Å²) in [6.45, 7) is 2.63. The summed E-state index contributed by atoms with van der Waals surface area (Å²) in [4.78, 5) is 29.0. The van der Waals surface area contributed by atoms with E-state index in [-0.39, 0.29) is 18.5 Å². The zero-order valence-electron chi connectivity index (χ0n) is 16.1. The van der Waals surface area contributed by atoms with Gasteiger partial charge in [-0.25, -0.2) is 4.79 Å². The lowest BCUT2D eigenvalue weighted by atomic mass is 10.0. The molecule has 2 aromatic rings. The lowest BCUT2D eigenvalue weighted by Gasteiger charge is -2.14. The van der Waals surface area contributed by atoms with Crippen LogP contribution in [-0.4, -0.2) is 28.9 Å². The molecule has 1 aliphatic rings. The zero-order valence-corrected chi connectivity index (χ0v) is 17.0. The normalized spacial score (nSPS) is 14.1. The fourth-order valence-corrected chi connectivity index (χ4v) is 3.75. The number of carbonyl (C=O) groups excluding carboxylic acids is 1. The minimum absolute atomic E-state index is 0.140. The van der Waals surface area contributed by atoms with Gasteiger partial charge in [0.2, 0.25) is 5.91 Å². The molecule has 0 spiro atoms.